The molecule has 4 rings (SSSR count). The second-order valence-corrected chi connectivity index (χ2v) is 10.5. The van der Waals surface area contributed by atoms with Crippen LogP contribution in [0.3, 0.4) is 0 Å². The predicted octanol–water partition coefficient (Wildman–Crippen LogP) is 2.77. The van der Waals surface area contributed by atoms with E-state index in [9.17, 15) is 22.4 Å². The molecule has 0 radical (unpaired) electrons. The number of rotatable bonds is 7. The quantitative estimate of drug-likeness (QED) is 0.622. The number of carbonyl (C=O) groups is 2. The van der Waals surface area contributed by atoms with E-state index in [1.54, 1.807) is 24.3 Å². The highest BCUT2D eigenvalue weighted by atomic mass is 32.2. The molecule has 0 bridgehead atoms. The minimum atomic E-state index is -3.84. The second-order valence-electron chi connectivity index (χ2n) is 8.54. The Labute approximate surface area is 198 Å². The standard InChI is InChI=1S/C24H28FN3O5S/c25-18-9-11-20(12-10-18)34(31,32)28-13-3-5-17(16-28)23(29)27-22-8-2-1-7-21(22)24(30)26-15-19-6-4-14-33-19/h1-2,7-12,17,19H,3-6,13-16H2,(H,26,30)(H,27,29)/t17-,19+/m1/s1. The molecule has 0 saturated carbocycles. The van der Waals surface area contributed by atoms with Crippen molar-refractivity contribution in [3.05, 3.63) is 59.9 Å². The average molecular weight is 490 g/mol. The fraction of sp³-hybridized carbons (Fsp3) is 0.417. The van der Waals surface area contributed by atoms with Gasteiger partial charge in [0.15, 0.2) is 0 Å². The maximum atomic E-state index is 13.2. The number of benzene rings is 2. The number of nitrogens with one attached hydrogen (secondary N) is 2. The van der Waals surface area contributed by atoms with Gasteiger partial charge < -0.3 is 15.4 Å². The number of anilines is 1. The van der Waals surface area contributed by atoms with Crippen LogP contribution in [-0.4, -0.2) is 56.9 Å². The van der Waals surface area contributed by atoms with Crippen molar-refractivity contribution in [1.29, 1.82) is 0 Å². The Kier molecular flexibility index (Phi) is 7.60. The maximum Gasteiger partial charge on any atom is 0.253 e. The third kappa shape index (κ3) is 5.63. The highest BCUT2D eigenvalue weighted by Gasteiger charge is 2.33. The fourth-order valence-electron chi connectivity index (χ4n) is 4.26. The second kappa shape index (κ2) is 10.6. The van der Waals surface area contributed by atoms with Crippen LogP contribution in [-0.2, 0) is 19.6 Å². The van der Waals surface area contributed by atoms with Crippen LogP contribution in [0.15, 0.2) is 53.4 Å². The molecule has 10 heteroatoms. The molecule has 2 aromatic rings. The third-order valence-corrected chi connectivity index (χ3v) is 8.03. The van der Waals surface area contributed by atoms with Gasteiger partial charge in [-0.05, 0) is 62.1 Å². The number of sulfonamides is 1. The Hall–Kier alpha value is -2.82. The van der Waals surface area contributed by atoms with E-state index in [4.69, 9.17) is 4.74 Å². The molecular weight excluding hydrogens is 461 g/mol. The summed E-state index contributed by atoms with van der Waals surface area (Å²) in [5, 5.41) is 5.66. The first-order valence-electron chi connectivity index (χ1n) is 11.4. The monoisotopic (exact) mass is 489 g/mol. The summed E-state index contributed by atoms with van der Waals surface area (Å²) < 4.78 is 45.9. The number of hydrogen-bond donors (Lipinski definition) is 2. The molecule has 2 saturated heterocycles. The van der Waals surface area contributed by atoms with Crippen molar-refractivity contribution < 1.29 is 27.1 Å². The maximum absolute atomic E-state index is 13.2. The van der Waals surface area contributed by atoms with Crippen LogP contribution in [0, 0.1) is 11.7 Å². The van der Waals surface area contributed by atoms with E-state index in [1.807, 2.05) is 0 Å². The summed E-state index contributed by atoms with van der Waals surface area (Å²) in [7, 11) is -3.84. The highest BCUT2D eigenvalue weighted by molar-refractivity contribution is 7.89. The van der Waals surface area contributed by atoms with Crippen LogP contribution < -0.4 is 10.6 Å². The lowest BCUT2D eigenvalue weighted by atomic mass is 9.98. The van der Waals surface area contributed by atoms with Crippen molar-refractivity contribution in [3.8, 4) is 0 Å². The molecule has 2 aromatic carbocycles. The van der Waals surface area contributed by atoms with Crippen molar-refractivity contribution >= 4 is 27.5 Å². The SMILES string of the molecule is O=C(NC[C@@H]1CCCO1)c1ccccc1NC(=O)[C@@H]1CCCN(S(=O)(=O)c2ccc(F)cc2)C1. The van der Waals surface area contributed by atoms with Crippen molar-refractivity contribution in [1.82, 2.24) is 9.62 Å². The van der Waals surface area contributed by atoms with Gasteiger partial charge in [-0.25, -0.2) is 12.8 Å². The summed E-state index contributed by atoms with van der Waals surface area (Å²) in [6, 6.07) is 11.4. The first-order valence-corrected chi connectivity index (χ1v) is 12.8. The lowest BCUT2D eigenvalue weighted by Gasteiger charge is -2.31. The minimum Gasteiger partial charge on any atom is -0.376 e. The zero-order valence-electron chi connectivity index (χ0n) is 18.7. The normalized spacial score (nSPS) is 21.2. The summed E-state index contributed by atoms with van der Waals surface area (Å²) in [5.74, 6) is -1.76. The number of hydrogen-bond acceptors (Lipinski definition) is 5. The molecule has 2 aliphatic rings. The van der Waals surface area contributed by atoms with Gasteiger partial charge in [-0.15, -0.1) is 0 Å². The van der Waals surface area contributed by atoms with Gasteiger partial charge in [-0.1, -0.05) is 12.1 Å². The Balaban J connectivity index is 1.41. The van der Waals surface area contributed by atoms with Crippen LogP contribution in [0.4, 0.5) is 10.1 Å². The smallest absolute Gasteiger partial charge is 0.253 e. The van der Waals surface area contributed by atoms with Crippen molar-refractivity contribution in [3.63, 3.8) is 0 Å². The van der Waals surface area contributed by atoms with Gasteiger partial charge >= 0.3 is 0 Å². The van der Waals surface area contributed by atoms with Crippen LogP contribution in [0.25, 0.3) is 0 Å². The van der Waals surface area contributed by atoms with Crippen molar-refractivity contribution in [2.75, 3.05) is 31.6 Å². The molecule has 2 N–H and O–H groups in total. The van der Waals surface area contributed by atoms with Gasteiger partial charge in [-0.3, -0.25) is 9.59 Å². The number of halogens is 1. The molecule has 34 heavy (non-hydrogen) atoms. The molecule has 2 amide bonds. The number of para-hydroxylation sites is 1. The first kappa shape index (κ1) is 24.3. The molecule has 0 aliphatic carbocycles. The van der Waals surface area contributed by atoms with Crippen molar-refractivity contribution in [2.45, 2.75) is 36.7 Å². The van der Waals surface area contributed by atoms with Gasteiger partial charge in [-0.2, -0.15) is 4.31 Å². The first-order chi connectivity index (χ1) is 16.3. The molecule has 0 spiro atoms. The van der Waals surface area contributed by atoms with E-state index in [0.717, 1.165) is 25.0 Å². The fourth-order valence-corrected chi connectivity index (χ4v) is 5.79. The van der Waals surface area contributed by atoms with Crippen LogP contribution in [0.5, 0.6) is 0 Å². The van der Waals surface area contributed by atoms with Crippen molar-refractivity contribution in [2.24, 2.45) is 5.92 Å². The third-order valence-electron chi connectivity index (χ3n) is 6.15. The lowest BCUT2D eigenvalue weighted by Crippen LogP contribution is -2.43. The van der Waals surface area contributed by atoms with Crippen LogP contribution in [0.2, 0.25) is 0 Å². The molecule has 0 unspecified atom stereocenters. The Bertz CT molecular complexity index is 1130. The lowest BCUT2D eigenvalue weighted by molar-refractivity contribution is -0.120. The zero-order valence-corrected chi connectivity index (χ0v) is 19.5. The van der Waals surface area contributed by atoms with E-state index in [2.05, 4.69) is 10.6 Å². The Morgan fingerprint density at radius 1 is 1.06 bits per heavy atom. The average Bonchev–Trinajstić information content (AvgIpc) is 3.37. The van der Waals surface area contributed by atoms with E-state index in [1.165, 1.54) is 16.4 Å². The topological polar surface area (TPSA) is 105 Å². The summed E-state index contributed by atoms with van der Waals surface area (Å²) in [6.07, 6.45) is 2.92. The molecule has 0 aromatic heterocycles. The summed E-state index contributed by atoms with van der Waals surface area (Å²) >= 11 is 0. The molecular formula is C24H28FN3O5S. The summed E-state index contributed by atoms with van der Waals surface area (Å²) in [4.78, 5) is 25.7. The summed E-state index contributed by atoms with van der Waals surface area (Å²) in [6.45, 7) is 1.40. The number of ether oxygens (including phenoxy) is 1. The molecule has 2 fully saturated rings. The van der Waals surface area contributed by atoms with Crippen LogP contribution in [0.1, 0.15) is 36.0 Å². The number of amides is 2. The molecule has 182 valence electrons. The highest BCUT2D eigenvalue weighted by Crippen LogP contribution is 2.26. The van der Waals surface area contributed by atoms with E-state index in [0.29, 0.717) is 37.2 Å². The molecule has 8 nitrogen and oxygen atoms in total. The van der Waals surface area contributed by atoms with Gasteiger partial charge in [0.05, 0.1) is 28.2 Å². The number of carbonyl (C=O) groups excluding carboxylic acids is 2. The van der Waals surface area contributed by atoms with E-state index >= 15 is 0 Å². The zero-order chi connectivity index (χ0) is 24.1. The van der Waals surface area contributed by atoms with Gasteiger partial charge in [0.2, 0.25) is 15.9 Å². The van der Waals surface area contributed by atoms with E-state index in [-0.39, 0.29) is 35.9 Å². The molecule has 2 atom stereocenters. The van der Waals surface area contributed by atoms with Gasteiger partial charge in [0.1, 0.15) is 5.82 Å². The molecule has 2 heterocycles. The Morgan fingerprint density at radius 3 is 2.56 bits per heavy atom. The summed E-state index contributed by atoms with van der Waals surface area (Å²) in [5.41, 5.74) is 0.705. The minimum absolute atomic E-state index is 0.00183. The number of piperidine rings is 1. The number of nitrogens with zero attached hydrogens (tertiary/aromatic N) is 1. The molecule has 2 aliphatic heterocycles. The largest absolute Gasteiger partial charge is 0.376 e. The predicted molar refractivity (Wildman–Crippen MR) is 124 cm³/mol. The van der Waals surface area contributed by atoms with Gasteiger partial charge in [0.25, 0.3) is 5.91 Å². The van der Waals surface area contributed by atoms with Gasteiger partial charge in [0, 0.05) is 26.2 Å². The van der Waals surface area contributed by atoms with E-state index < -0.39 is 21.8 Å². The van der Waals surface area contributed by atoms with Crippen LogP contribution >= 0.6 is 0 Å². The Morgan fingerprint density at radius 2 is 1.82 bits per heavy atom.